The van der Waals surface area contributed by atoms with E-state index in [0.717, 1.165) is 5.56 Å². The molecule has 1 unspecified atom stereocenters. The Bertz CT molecular complexity index is 833. The van der Waals surface area contributed by atoms with Crippen molar-refractivity contribution >= 4 is 15.9 Å². The van der Waals surface area contributed by atoms with Gasteiger partial charge in [-0.15, -0.1) is 0 Å². The molecule has 0 bridgehead atoms. The minimum absolute atomic E-state index is 0.0243. The van der Waals surface area contributed by atoms with Gasteiger partial charge in [-0.25, -0.2) is 13.1 Å². The number of aliphatic hydroxyl groups is 1. The molecule has 6 nitrogen and oxygen atoms in total. The van der Waals surface area contributed by atoms with E-state index >= 15 is 0 Å². The summed E-state index contributed by atoms with van der Waals surface area (Å²) in [5, 5.41) is 11.8. The highest BCUT2D eigenvalue weighted by atomic mass is 32.2. The highest BCUT2D eigenvalue weighted by molar-refractivity contribution is 7.89. The first-order valence-electron chi connectivity index (χ1n) is 7.90. The third-order valence-corrected chi connectivity index (χ3v) is 5.03. The first kappa shape index (κ1) is 19.1. The normalized spacial score (nSPS) is 12.6. The van der Waals surface area contributed by atoms with E-state index in [2.05, 4.69) is 10.0 Å². The van der Waals surface area contributed by atoms with Gasteiger partial charge in [-0.3, -0.25) is 4.79 Å². The Morgan fingerprint density at radius 1 is 1.16 bits per heavy atom. The van der Waals surface area contributed by atoms with E-state index in [-0.39, 0.29) is 23.5 Å². The Morgan fingerprint density at radius 2 is 1.84 bits per heavy atom. The zero-order valence-electron chi connectivity index (χ0n) is 14.2. The van der Waals surface area contributed by atoms with Crippen molar-refractivity contribution in [2.45, 2.75) is 31.4 Å². The van der Waals surface area contributed by atoms with E-state index in [1.165, 1.54) is 12.1 Å². The first-order chi connectivity index (χ1) is 11.8. The van der Waals surface area contributed by atoms with Crippen LogP contribution in [0.2, 0.25) is 0 Å². The van der Waals surface area contributed by atoms with Gasteiger partial charge in [-0.05, 0) is 37.1 Å². The van der Waals surface area contributed by atoms with E-state index < -0.39 is 22.0 Å². The van der Waals surface area contributed by atoms with Crippen LogP contribution in [0.15, 0.2) is 53.4 Å². The number of hydrogen-bond donors (Lipinski definition) is 3. The van der Waals surface area contributed by atoms with Crippen molar-refractivity contribution in [3.8, 4) is 0 Å². The van der Waals surface area contributed by atoms with Gasteiger partial charge in [0.1, 0.15) is 0 Å². The van der Waals surface area contributed by atoms with Crippen LogP contribution in [0.5, 0.6) is 0 Å². The number of hydrogen-bond acceptors (Lipinski definition) is 4. The van der Waals surface area contributed by atoms with E-state index in [1.54, 1.807) is 19.9 Å². The number of aliphatic hydroxyl groups excluding tert-OH is 1. The molecular weight excluding hydrogens is 340 g/mol. The second-order valence-electron chi connectivity index (χ2n) is 5.85. The molecule has 0 heterocycles. The Morgan fingerprint density at radius 3 is 2.48 bits per heavy atom. The summed E-state index contributed by atoms with van der Waals surface area (Å²) in [6.45, 7) is 3.55. The summed E-state index contributed by atoms with van der Waals surface area (Å²) >= 11 is 0. The molecule has 0 aliphatic heterocycles. The lowest BCUT2D eigenvalue weighted by molar-refractivity contribution is 0.0923. The third kappa shape index (κ3) is 5.38. The van der Waals surface area contributed by atoms with Gasteiger partial charge in [-0.1, -0.05) is 36.4 Å². The van der Waals surface area contributed by atoms with Crippen LogP contribution in [-0.4, -0.2) is 32.1 Å². The molecule has 0 radical (unpaired) electrons. The van der Waals surface area contributed by atoms with Crippen LogP contribution in [0.1, 0.15) is 28.4 Å². The number of carbonyl (C=O) groups excluding carboxylic acids is 1. The Labute approximate surface area is 147 Å². The summed E-state index contributed by atoms with van der Waals surface area (Å²) in [6, 6.07) is 13.6. The number of rotatable bonds is 7. The molecule has 1 amide bonds. The zero-order valence-corrected chi connectivity index (χ0v) is 15.0. The minimum Gasteiger partial charge on any atom is -0.392 e. The highest BCUT2D eigenvalue weighted by Gasteiger charge is 2.18. The van der Waals surface area contributed by atoms with Crippen LogP contribution in [0.25, 0.3) is 0 Å². The van der Waals surface area contributed by atoms with Crippen molar-refractivity contribution in [3.05, 3.63) is 65.2 Å². The average molecular weight is 362 g/mol. The largest absolute Gasteiger partial charge is 0.392 e. The van der Waals surface area contributed by atoms with Crippen LogP contribution in [0, 0.1) is 6.92 Å². The van der Waals surface area contributed by atoms with Gasteiger partial charge < -0.3 is 10.4 Å². The fourth-order valence-corrected chi connectivity index (χ4v) is 3.25. The molecule has 0 saturated heterocycles. The average Bonchev–Trinajstić information content (AvgIpc) is 2.59. The third-order valence-electron chi connectivity index (χ3n) is 3.63. The Balaban J connectivity index is 2.18. The van der Waals surface area contributed by atoms with Crippen LogP contribution in [0.4, 0.5) is 0 Å². The topological polar surface area (TPSA) is 95.5 Å². The molecule has 2 aromatic carbocycles. The predicted molar refractivity (Wildman–Crippen MR) is 95.7 cm³/mol. The molecule has 0 spiro atoms. The Kier molecular flexibility index (Phi) is 6.30. The van der Waals surface area contributed by atoms with Crippen molar-refractivity contribution in [2.24, 2.45) is 0 Å². The van der Waals surface area contributed by atoms with Gasteiger partial charge in [0.15, 0.2) is 0 Å². The molecule has 0 saturated carbocycles. The Hall–Kier alpha value is -2.22. The lowest BCUT2D eigenvalue weighted by Gasteiger charge is -2.12. The SMILES string of the molecule is Cc1ccc(S(=O)(=O)NCc2ccccc2)cc1C(=O)NCC(C)O. The van der Waals surface area contributed by atoms with Crippen molar-refractivity contribution < 1.29 is 18.3 Å². The van der Waals surface area contributed by atoms with E-state index in [4.69, 9.17) is 0 Å². The van der Waals surface area contributed by atoms with Gasteiger partial charge >= 0.3 is 0 Å². The second-order valence-corrected chi connectivity index (χ2v) is 7.61. The summed E-state index contributed by atoms with van der Waals surface area (Å²) in [7, 11) is -3.74. The van der Waals surface area contributed by atoms with Crippen LogP contribution < -0.4 is 10.0 Å². The van der Waals surface area contributed by atoms with E-state index in [9.17, 15) is 18.3 Å². The molecule has 3 N–H and O–H groups in total. The second kappa shape index (κ2) is 8.24. The summed E-state index contributed by atoms with van der Waals surface area (Å²) in [5.41, 5.74) is 1.77. The van der Waals surface area contributed by atoms with Gasteiger partial charge in [0, 0.05) is 18.7 Å². The smallest absolute Gasteiger partial charge is 0.251 e. The molecule has 0 aliphatic rings. The van der Waals surface area contributed by atoms with Crippen molar-refractivity contribution in [1.82, 2.24) is 10.0 Å². The summed E-state index contributed by atoms with van der Waals surface area (Å²) in [4.78, 5) is 12.2. The summed E-state index contributed by atoms with van der Waals surface area (Å²) < 4.78 is 27.5. The zero-order chi connectivity index (χ0) is 18.4. The molecule has 2 aromatic rings. The maximum Gasteiger partial charge on any atom is 0.251 e. The summed E-state index contributed by atoms with van der Waals surface area (Å²) in [5.74, 6) is -0.418. The van der Waals surface area contributed by atoms with Gasteiger partial charge in [0.05, 0.1) is 11.0 Å². The molecule has 7 heteroatoms. The number of amides is 1. The first-order valence-corrected chi connectivity index (χ1v) is 9.38. The van der Waals surface area contributed by atoms with Crippen molar-refractivity contribution in [2.75, 3.05) is 6.54 Å². The number of sulfonamides is 1. The molecular formula is C18H22N2O4S. The standard InChI is InChI=1S/C18H22N2O4S/c1-13-8-9-16(10-17(13)18(22)19-11-14(2)21)25(23,24)20-12-15-6-4-3-5-7-15/h3-10,14,20-21H,11-12H2,1-2H3,(H,19,22). The number of aryl methyl sites for hydroxylation is 1. The fourth-order valence-electron chi connectivity index (χ4n) is 2.21. The number of carbonyl (C=O) groups is 1. The number of nitrogens with one attached hydrogen (secondary N) is 2. The lowest BCUT2D eigenvalue weighted by atomic mass is 10.1. The molecule has 1 atom stereocenters. The summed E-state index contributed by atoms with van der Waals surface area (Å²) in [6.07, 6.45) is -0.677. The number of benzene rings is 2. The lowest BCUT2D eigenvalue weighted by Crippen LogP contribution is -2.31. The minimum atomic E-state index is -3.74. The van der Waals surface area contributed by atoms with Crippen LogP contribution in [0.3, 0.4) is 0 Å². The predicted octanol–water partition coefficient (Wildman–Crippen LogP) is 1.58. The quantitative estimate of drug-likeness (QED) is 0.697. The monoisotopic (exact) mass is 362 g/mol. The van der Waals surface area contributed by atoms with Crippen molar-refractivity contribution in [1.29, 1.82) is 0 Å². The van der Waals surface area contributed by atoms with Gasteiger partial charge in [-0.2, -0.15) is 0 Å². The molecule has 0 aliphatic carbocycles. The van der Waals surface area contributed by atoms with E-state index in [1.807, 2.05) is 30.3 Å². The fraction of sp³-hybridized carbons (Fsp3) is 0.278. The maximum absolute atomic E-state index is 12.5. The van der Waals surface area contributed by atoms with Gasteiger partial charge in [0.2, 0.25) is 10.0 Å². The van der Waals surface area contributed by atoms with Crippen LogP contribution in [-0.2, 0) is 16.6 Å². The molecule has 134 valence electrons. The maximum atomic E-state index is 12.5. The van der Waals surface area contributed by atoms with Gasteiger partial charge in [0.25, 0.3) is 5.91 Å². The molecule has 25 heavy (non-hydrogen) atoms. The van der Waals surface area contributed by atoms with Crippen LogP contribution >= 0.6 is 0 Å². The highest BCUT2D eigenvalue weighted by Crippen LogP contribution is 2.16. The molecule has 2 rings (SSSR count). The van der Waals surface area contributed by atoms with E-state index in [0.29, 0.717) is 5.56 Å². The van der Waals surface area contributed by atoms with Crippen molar-refractivity contribution in [3.63, 3.8) is 0 Å². The molecule has 0 aromatic heterocycles. The molecule has 0 fully saturated rings.